The van der Waals surface area contributed by atoms with Crippen LogP contribution in [0.25, 0.3) is 0 Å². The molecule has 1 atom stereocenters. The van der Waals surface area contributed by atoms with Crippen LogP contribution in [0.3, 0.4) is 0 Å². The number of benzene rings is 1. The zero-order chi connectivity index (χ0) is 15.6. The van der Waals surface area contributed by atoms with E-state index in [1.54, 1.807) is 4.68 Å². The smallest absolute Gasteiger partial charge is 0.344 e. The number of hydrogen-bond acceptors (Lipinski definition) is 4. The second kappa shape index (κ2) is 5.96. The Balaban J connectivity index is 1.75. The predicted molar refractivity (Wildman–Crippen MR) is 87.0 cm³/mol. The fraction of sp³-hybridized carbons (Fsp3) is 0.500. The topological polar surface area (TPSA) is 57.2 Å². The molecule has 0 bridgehead atoms. The minimum absolute atomic E-state index is 0.144. The maximum Gasteiger partial charge on any atom is 0.344 e. The Kier molecular flexibility index (Phi) is 4.02. The third-order valence-corrected chi connectivity index (χ3v) is 4.76. The van der Waals surface area contributed by atoms with Crippen LogP contribution in [0.5, 0.6) is 0 Å². The highest BCUT2D eigenvalue weighted by Crippen LogP contribution is 2.26. The fourth-order valence-electron chi connectivity index (χ4n) is 3.19. The van der Waals surface area contributed by atoms with Gasteiger partial charge in [-0.1, -0.05) is 25.1 Å². The summed E-state index contributed by atoms with van der Waals surface area (Å²) in [4.78, 5) is 19.3. The van der Waals surface area contributed by atoms with Crippen molar-refractivity contribution in [1.29, 1.82) is 0 Å². The summed E-state index contributed by atoms with van der Waals surface area (Å²) in [5, 5.41) is 4.20. The lowest BCUT2D eigenvalue weighted by atomic mass is 10.1. The molecule has 1 fully saturated rings. The predicted octanol–water partition coefficient (Wildman–Crippen LogP) is 1.48. The summed E-state index contributed by atoms with van der Waals surface area (Å²) in [6, 6.07) is 10.5. The Morgan fingerprint density at radius 3 is 2.41 bits per heavy atom. The van der Waals surface area contributed by atoms with Crippen molar-refractivity contribution in [3.63, 3.8) is 0 Å². The number of hydrogen-bond donors (Lipinski definition) is 1. The van der Waals surface area contributed by atoms with Crippen molar-refractivity contribution >= 4 is 5.69 Å². The SMILES string of the molecule is CCC(C)(N1CCN(c2ccccc2)CC1)n1nc[nH]c1=O. The number of aromatic amines is 1. The first-order valence-corrected chi connectivity index (χ1v) is 7.83. The molecule has 0 radical (unpaired) electrons. The summed E-state index contributed by atoms with van der Waals surface area (Å²) in [5.74, 6) is 0. The van der Waals surface area contributed by atoms with Gasteiger partial charge in [0.25, 0.3) is 0 Å². The average molecular weight is 301 g/mol. The zero-order valence-corrected chi connectivity index (χ0v) is 13.2. The van der Waals surface area contributed by atoms with E-state index in [9.17, 15) is 4.79 Å². The maximum atomic E-state index is 12.0. The summed E-state index contributed by atoms with van der Waals surface area (Å²) in [7, 11) is 0. The van der Waals surface area contributed by atoms with Gasteiger partial charge in [-0.25, -0.2) is 4.79 Å². The third kappa shape index (κ3) is 2.54. The van der Waals surface area contributed by atoms with Crippen molar-refractivity contribution in [2.45, 2.75) is 25.9 Å². The molecule has 2 heterocycles. The Bertz CT molecular complexity index is 656. The molecule has 1 aliphatic rings. The fourth-order valence-corrected chi connectivity index (χ4v) is 3.19. The first-order chi connectivity index (χ1) is 10.6. The van der Waals surface area contributed by atoms with Gasteiger partial charge in [0.15, 0.2) is 0 Å². The molecule has 1 saturated heterocycles. The molecular weight excluding hydrogens is 278 g/mol. The van der Waals surface area contributed by atoms with E-state index in [0.29, 0.717) is 0 Å². The van der Waals surface area contributed by atoms with Gasteiger partial charge in [-0.3, -0.25) is 9.88 Å². The maximum absolute atomic E-state index is 12.0. The number of piperazine rings is 1. The van der Waals surface area contributed by atoms with Crippen LogP contribution in [0.2, 0.25) is 0 Å². The molecular formula is C16H23N5O. The van der Waals surface area contributed by atoms with Crippen molar-refractivity contribution in [2.24, 2.45) is 0 Å². The number of para-hydroxylation sites is 1. The number of aromatic nitrogens is 3. The Morgan fingerprint density at radius 1 is 1.18 bits per heavy atom. The van der Waals surface area contributed by atoms with Gasteiger partial charge in [0, 0.05) is 31.9 Å². The molecule has 118 valence electrons. The molecule has 6 nitrogen and oxygen atoms in total. The summed E-state index contributed by atoms with van der Waals surface area (Å²) in [5.41, 5.74) is 0.743. The number of nitrogens with zero attached hydrogens (tertiary/aromatic N) is 4. The first kappa shape index (κ1) is 14.8. The molecule has 1 N–H and O–H groups in total. The molecule has 2 aromatic rings. The summed E-state index contributed by atoms with van der Waals surface area (Å²) in [6.07, 6.45) is 2.31. The largest absolute Gasteiger partial charge is 0.369 e. The molecule has 22 heavy (non-hydrogen) atoms. The average Bonchev–Trinajstić information content (AvgIpc) is 3.02. The minimum atomic E-state index is -0.375. The molecule has 6 heteroatoms. The van der Waals surface area contributed by atoms with Crippen molar-refractivity contribution < 1.29 is 0 Å². The highest BCUT2D eigenvalue weighted by Gasteiger charge is 2.36. The van der Waals surface area contributed by atoms with E-state index < -0.39 is 0 Å². The quantitative estimate of drug-likeness (QED) is 0.929. The van der Waals surface area contributed by atoms with Gasteiger partial charge in [-0.05, 0) is 25.5 Å². The van der Waals surface area contributed by atoms with Crippen LogP contribution >= 0.6 is 0 Å². The Morgan fingerprint density at radius 2 is 1.86 bits per heavy atom. The van der Waals surface area contributed by atoms with Gasteiger partial charge in [-0.2, -0.15) is 9.78 Å². The van der Waals surface area contributed by atoms with Crippen LogP contribution < -0.4 is 10.6 Å². The molecule has 1 unspecified atom stereocenters. The molecule has 1 aromatic heterocycles. The lowest BCUT2D eigenvalue weighted by Gasteiger charge is -2.45. The van der Waals surface area contributed by atoms with Gasteiger partial charge in [0.05, 0.1) is 0 Å². The lowest BCUT2D eigenvalue weighted by Crippen LogP contribution is -2.58. The van der Waals surface area contributed by atoms with Crippen molar-refractivity contribution in [1.82, 2.24) is 19.7 Å². The van der Waals surface area contributed by atoms with Gasteiger partial charge in [-0.15, -0.1) is 0 Å². The molecule has 1 aliphatic heterocycles. The number of H-pyrrole nitrogens is 1. The second-order valence-corrected chi connectivity index (χ2v) is 5.89. The highest BCUT2D eigenvalue weighted by molar-refractivity contribution is 5.46. The zero-order valence-electron chi connectivity index (χ0n) is 13.2. The monoisotopic (exact) mass is 301 g/mol. The van der Waals surface area contributed by atoms with Crippen LogP contribution in [0.15, 0.2) is 41.5 Å². The van der Waals surface area contributed by atoms with Gasteiger partial charge in [0.1, 0.15) is 12.0 Å². The molecule has 0 amide bonds. The third-order valence-electron chi connectivity index (χ3n) is 4.76. The molecule has 0 spiro atoms. The van der Waals surface area contributed by atoms with Crippen molar-refractivity contribution in [2.75, 3.05) is 31.1 Å². The van der Waals surface area contributed by atoms with Crippen LogP contribution in [0.1, 0.15) is 20.3 Å². The van der Waals surface area contributed by atoms with Crippen molar-refractivity contribution in [3.05, 3.63) is 47.1 Å². The minimum Gasteiger partial charge on any atom is -0.369 e. The summed E-state index contributed by atoms with van der Waals surface area (Å²) >= 11 is 0. The number of rotatable bonds is 4. The van der Waals surface area contributed by atoms with E-state index >= 15 is 0 Å². The van der Waals surface area contributed by atoms with E-state index in [2.05, 4.69) is 58.0 Å². The first-order valence-electron chi connectivity index (χ1n) is 7.83. The normalized spacial score (nSPS) is 19.1. The Hall–Kier alpha value is -2.08. The van der Waals surface area contributed by atoms with Crippen LogP contribution in [0.4, 0.5) is 5.69 Å². The molecule has 0 saturated carbocycles. The lowest BCUT2D eigenvalue weighted by molar-refractivity contribution is 0.0107. The van der Waals surface area contributed by atoms with Crippen molar-refractivity contribution in [3.8, 4) is 0 Å². The summed E-state index contributed by atoms with van der Waals surface area (Å²) in [6.45, 7) is 7.94. The number of nitrogens with one attached hydrogen (secondary N) is 1. The van der Waals surface area contributed by atoms with Gasteiger partial charge >= 0.3 is 5.69 Å². The van der Waals surface area contributed by atoms with E-state index in [4.69, 9.17) is 0 Å². The van der Waals surface area contributed by atoms with E-state index in [-0.39, 0.29) is 11.4 Å². The van der Waals surface area contributed by atoms with E-state index in [1.807, 2.05) is 6.07 Å². The highest BCUT2D eigenvalue weighted by atomic mass is 16.2. The van der Waals surface area contributed by atoms with E-state index in [0.717, 1.165) is 32.6 Å². The van der Waals surface area contributed by atoms with Crippen LogP contribution in [-0.2, 0) is 5.66 Å². The second-order valence-electron chi connectivity index (χ2n) is 5.89. The number of anilines is 1. The van der Waals surface area contributed by atoms with Gasteiger partial charge in [0.2, 0.25) is 0 Å². The van der Waals surface area contributed by atoms with E-state index in [1.165, 1.54) is 12.0 Å². The molecule has 3 rings (SSSR count). The molecule has 1 aromatic carbocycles. The van der Waals surface area contributed by atoms with Crippen LogP contribution in [-0.4, -0.2) is 45.8 Å². The standard InChI is InChI=1S/C16H23N5O/c1-3-16(2,21-15(22)17-13-18-21)20-11-9-19(10-12-20)14-7-5-4-6-8-14/h4-8,13H,3,9-12H2,1-2H3,(H,17,18,22). The molecule has 0 aliphatic carbocycles. The summed E-state index contributed by atoms with van der Waals surface area (Å²) < 4.78 is 1.57. The van der Waals surface area contributed by atoms with Gasteiger partial charge < -0.3 is 4.90 Å². The Labute approximate surface area is 130 Å². The van der Waals surface area contributed by atoms with Crippen LogP contribution in [0, 0.1) is 0 Å².